The van der Waals surface area contributed by atoms with E-state index < -0.39 is 11.9 Å². The van der Waals surface area contributed by atoms with Crippen molar-refractivity contribution in [2.75, 3.05) is 7.11 Å². The van der Waals surface area contributed by atoms with Gasteiger partial charge in [0.15, 0.2) is 5.70 Å². The molecule has 6 nitrogen and oxygen atoms in total. The molecule has 1 aromatic heterocycles. The Morgan fingerprint density at radius 2 is 1.89 bits per heavy atom. The number of hydrogen-bond donors (Lipinski definition) is 0. The van der Waals surface area contributed by atoms with Crippen molar-refractivity contribution in [3.63, 3.8) is 0 Å². The van der Waals surface area contributed by atoms with E-state index in [1.54, 1.807) is 55.6 Å². The van der Waals surface area contributed by atoms with E-state index in [4.69, 9.17) is 25.8 Å². The maximum atomic E-state index is 13.0. The quantitative estimate of drug-likeness (QED) is 0.149. The zero-order valence-electron chi connectivity index (χ0n) is 18.1. The van der Waals surface area contributed by atoms with E-state index in [0.29, 0.717) is 26.8 Å². The fourth-order valence-corrected chi connectivity index (χ4v) is 5.36. The molecule has 35 heavy (non-hydrogen) atoms. The minimum Gasteiger partial charge on any atom is -0.497 e. The highest BCUT2D eigenvalue weighted by Gasteiger charge is 2.25. The fourth-order valence-electron chi connectivity index (χ4n) is 3.42. The number of thiophene rings is 1. The van der Waals surface area contributed by atoms with Gasteiger partial charge < -0.3 is 14.2 Å². The van der Waals surface area contributed by atoms with E-state index in [2.05, 4.69) is 20.9 Å². The van der Waals surface area contributed by atoms with Gasteiger partial charge in [-0.15, -0.1) is 11.3 Å². The molecule has 0 N–H and O–H groups in total. The van der Waals surface area contributed by atoms with Gasteiger partial charge in [-0.05, 0) is 48.5 Å². The van der Waals surface area contributed by atoms with Crippen LogP contribution in [0.4, 0.5) is 0 Å². The number of nitrogens with zero attached hydrogens (tertiary/aromatic N) is 1. The molecule has 2 heterocycles. The average Bonchev–Trinajstić information content (AvgIpc) is 3.39. The third-order valence-electron chi connectivity index (χ3n) is 5.15. The van der Waals surface area contributed by atoms with E-state index in [-0.39, 0.29) is 17.3 Å². The topological polar surface area (TPSA) is 74.2 Å². The summed E-state index contributed by atoms with van der Waals surface area (Å²) in [6.07, 6.45) is 1.52. The van der Waals surface area contributed by atoms with E-state index in [1.165, 1.54) is 17.4 Å². The number of cyclic esters (lactones) is 1. The maximum Gasteiger partial charge on any atom is 0.363 e. The van der Waals surface area contributed by atoms with Gasteiger partial charge in [0.05, 0.1) is 12.1 Å². The van der Waals surface area contributed by atoms with Gasteiger partial charge in [-0.1, -0.05) is 51.8 Å². The van der Waals surface area contributed by atoms with Crippen LogP contribution in [0.15, 0.2) is 81.9 Å². The van der Waals surface area contributed by atoms with Gasteiger partial charge in [0.2, 0.25) is 5.90 Å². The molecule has 174 valence electrons. The van der Waals surface area contributed by atoms with Crippen molar-refractivity contribution >= 4 is 72.9 Å². The molecule has 4 aromatic rings. The molecule has 0 spiro atoms. The van der Waals surface area contributed by atoms with E-state index in [0.717, 1.165) is 14.6 Å². The van der Waals surface area contributed by atoms with Crippen LogP contribution in [0.25, 0.3) is 16.2 Å². The van der Waals surface area contributed by atoms with Crippen LogP contribution in [0, 0.1) is 0 Å². The van der Waals surface area contributed by atoms with Crippen LogP contribution in [-0.4, -0.2) is 24.9 Å². The third-order valence-corrected chi connectivity index (χ3v) is 7.28. The van der Waals surface area contributed by atoms with Crippen molar-refractivity contribution in [3.8, 4) is 11.5 Å². The number of esters is 2. The summed E-state index contributed by atoms with van der Waals surface area (Å²) >= 11 is 11.1. The monoisotopic (exact) mass is 567 g/mol. The van der Waals surface area contributed by atoms with Gasteiger partial charge >= 0.3 is 11.9 Å². The SMILES string of the molecule is COc1ccc(C2=N/C(=C/c3ccccc3OC(=O)c3sc4cc(Br)ccc4c3Cl)C(=O)O2)cc1. The van der Waals surface area contributed by atoms with Crippen LogP contribution in [0.1, 0.15) is 20.8 Å². The molecule has 0 fully saturated rings. The Balaban J connectivity index is 1.43. The first-order chi connectivity index (χ1) is 16.9. The number of benzene rings is 3. The van der Waals surface area contributed by atoms with Crippen molar-refractivity contribution in [2.24, 2.45) is 4.99 Å². The third kappa shape index (κ3) is 4.73. The smallest absolute Gasteiger partial charge is 0.363 e. The molecule has 0 saturated carbocycles. The van der Waals surface area contributed by atoms with Crippen molar-refractivity contribution < 1.29 is 23.8 Å². The Bertz CT molecular complexity index is 1540. The summed E-state index contributed by atoms with van der Waals surface area (Å²) in [5.41, 5.74) is 1.21. The highest BCUT2D eigenvalue weighted by atomic mass is 79.9. The molecule has 1 aliphatic heterocycles. The fraction of sp³-hybridized carbons (Fsp3) is 0.0385. The van der Waals surface area contributed by atoms with Gasteiger partial charge in [-0.3, -0.25) is 0 Å². The number of methoxy groups -OCH3 is 1. The van der Waals surface area contributed by atoms with Crippen LogP contribution in [-0.2, 0) is 9.53 Å². The summed E-state index contributed by atoms with van der Waals surface area (Å²) in [6.45, 7) is 0. The van der Waals surface area contributed by atoms with Gasteiger partial charge in [-0.2, -0.15) is 0 Å². The van der Waals surface area contributed by atoms with Crippen LogP contribution >= 0.6 is 38.9 Å². The second-order valence-corrected chi connectivity index (χ2v) is 9.72. The lowest BCUT2D eigenvalue weighted by Crippen LogP contribution is -2.08. The zero-order chi connectivity index (χ0) is 24.5. The first kappa shape index (κ1) is 23.3. The highest BCUT2D eigenvalue weighted by molar-refractivity contribution is 9.10. The van der Waals surface area contributed by atoms with Crippen LogP contribution in [0.5, 0.6) is 11.5 Å². The summed E-state index contributed by atoms with van der Waals surface area (Å²) in [7, 11) is 1.57. The van der Waals surface area contributed by atoms with Crippen molar-refractivity contribution in [3.05, 3.63) is 97.9 Å². The Kier molecular flexibility index (Phi) is 6.42. The molecule has 3 aromatic carbocycles. The Morgan fingerprint density at radius 3 is 2.66 bits per heavy atom. The van der Waals surface area contributed by atoms with E-state index in [1.807, 2.05) is 18.2 Å². The molecule has 9 heteroatoms. The molecule has 0 atom stereocenters. The van der Waals surface area contributed by atoms with Gasteiger partial charge in [0, 0.05) is 25.7 Å². The second-order valence-electron chi connectivity index (χ2n) is 7.38. The molecule has 1 aliphatic rings. The normalized spacial score (nSPS) is 14.2. The molecule has 0 radical (unpaired) electrons. The van der Waals surface area contributed by atoms with Crippen LogP contribution < -0.4 is 9.47 Å². The number of carbonyl (C=O) groups excluding carboxylic acids is 2. The molecule has 5 rings (SSSR count). The number of carbonyl (C=O) groups is 2. The first-order valence-electron chi connectivity index (χ1n) is 10.3. The molecule has 0 amide bonds. The predicted octanol–water partition coefficient (Wildman–Crippen LogP) is 6.89. The number of ether oxygens (including phenoxy) is 3. The minimum absolute atomic E-state index is 0.0871. The minimum atomic E-state index is -0.602. The lowest BCUT2D eigenvalue weighted by Gasteiger charge is -2.07. The second kappa shape index (κ2) is 9.65. The Labute approximate surface area is 217 Å². The van der Waals surface area contributed by atoms with Crippen molar-refractivity contribution in [1.82, 2.24) is 0 Å². The highest BCUT2D eigenvalue weighted by Crippen LogP contribution is 2.37. The zero-order valence-corrected chi connectivity index (χ0v) is 21.2. The first-order valence-corrected chi connectivity index (χ1v) is 12.3. The molecular formula is C26H15BrClNO5S. The number of aliphatic imine (C=N–C) groups is 1. The number of fused-ring (bicyclic) bond motifs is 1. The van der Waals surface area contributed by atoms with Gasteiger partial charge in [0.25, 0.3) is 0 Å². The van der Waals surface area contributed by atoms with E-state index >= 15 is 0 Å². The maximum absolute atomic E-state index is 13.0. The van der Waals surface area contributed by atoms with Crippen LogP contribution in [0.2, 0.25) is 5.02 Å². The van der Waals surface area contributed by atoms with Crippen LogP contribution in [0.3, 0.4) is 0 Å². The lowest BCUT2D eigenvalue weighted by molar-refractivity contribution is -0.129. The lowest BCUT2D eigenvalue weighted by atomic mass is 10.1. The summed E-state index contributed by atoms with van der Waals surface area (Å²) in [5.74, 6) is -0.0663. The van der Waals surface area contributed by atoms with Crippen molar-refractivity contribution in [1.29, 1.82) is 0 Å². The molecular weight excluding hydrogens is 554 g/mol. The molecule has 0 unspecified atom stereocenters. The number of para-hydroxylation sites is 1. The number of rotatable bonds is 5. The summed E-state index contributed by atoms with van der Waals surface area (Å²) in [5, 5.41) is 1.11. The molecule has 0 aliphatic carbocycles. The predicted molar refractivity (Wildman–Crippen MR) is 140 cm³/mol. The average molecular weight is 569 g/mol. The standard InChI is InChI=1S/C26H15BrClNO5S/c1-32-17-9-6-14(7-10-17)24-29-19(25(30)34-24)12-15-4-2-3-5-20(15)33-26(31)23-22(28)18-11-8-16(27)13-21(18)35-23/h2-13H,1H3/b19-12+. The Morgan fingerprint density at radius 1 is 1.11 bits per heavy atom. The molecule has 0 saturated heterocycles. The number of halogens is 2. The summed E-state index contributed by atoms with van der Waals surface area (Å²) in [4.78, 5) is 30.0. The Hall–Kier alpha value is -3.46. The van der Waals surface area contributed by atoms with Crippen molar-refractivity contribution in [2.45, 2.75) is 0 Å². The van der Waals surface area contributed by atoms with Gasteiger partial charge in [-0.25, -0.2) is 14.6 Å². The largest absolute Gasteiger partial charge is 0.497 e. The number of hydrogen-bond acceptors (Lipinski definition) is 7. The summed E-state index contributed by atoms with van der Waals surface area (Å²) in [6, 6.07) is 19.4. The van der Waals surface area contributed by atoms with E-state index in [9.17, 15) is 9.59 Å². The van der Waals surface area contributed by atoms with Gasteiger partial charge in [0.1, 0.15) is 16.4 Å². The summed E-state index contributed by atoms with van der Waals surface area (Å²) < 4.78 is 17.9. The molecule has 0 bridgehead atoms.